The number of hydrogen-bond acceptors (Lipinski definition) is 4. The highest BCUT2D eigenvalue weighted by Crippen LogP contribution is 2.11. The van der Waals surface area contributed by atoms with Crippen molar-refractivity contribution < 1.29 is 14.7 Å². The fourth-order valence-electron chi connectivity index (χ4n) is 0.700. The second-order valence-electron chi connectivity index (χ2n) is 2.30. The van der Waals surface area contributed by atoms with Gasteiger partial charge >= 0.3 is 5.97 Å². The standard InChI is InChI=1S/C9H12ClNO3/c1-7(6-10)8(9(12)14-2)4-3-5-11-13/h3-5,11,13H,1,6H2,2H3/b5-3-,8-4+. The second kappa shape index (κ2) is 7.17. The normalized spacial score (nSPS) is 11.5. The molecule has 0 rings (SSSR count). The van der Waals surface area contributed by atoms with Gasteiger partial charge in [0, 0.05) is 12.1 Å². The Labute approximate surface area is 87.5 Å². The fourth-order valence-corrected chi connectivity index (χ4v) is 0.844. The molecule has 0 unspecified atom stereocenters. The van der Waals surface area contributed by atoms with E-state index in [2.05, 4.69) is 11.3 Å². The van der Waals surface area contributed by atoms with Gasteiger partial charge in [-0.2, -0.15) is 0 Å². The van der Waals surface area contributed by atoms with E-state index in [1.807, 2.05) is 0 Å². The molecule has 0 spiro atoms. The Bertz CT molecular complexity index is 253. The van der Waals surface area contributed by atoms with Gasteiger partial charge in [0.1, 0.15) is 0 Å². The zero-order chi connectivity index (χ0) is 11.0. The Balaban J connectivity index is 4.71. The number of methoxy groups -OCH3 is 1. The number of halogens is 1. The van der Waals surface area contributed by atoms with Crippen molar-refractivity contribution in [2.75, 3.05) is 13.0 Å². The van der Waals surface area contributed by atoms with Crippen LogP contribution in [0.25, 0.3) is 0 Å². The van der Waals surface area contributed by atoms with Crippen LogP contribution in [0.1, 0.15) is 0 Å². The lowest BCUT2D eigenvalue weighted by molar-refractivity contribution is -0.135. The summed E-state index contributed by atoms with van der Waals surface area (Å²) in [5, 5.41) is 8.24. The van der Waals surface area contributed by atoms with Gasteiger partial charge in [-0.05, 0) is 17.7 Å². The summed E-state index contributed by atoms with van der Waals surface area (Å²) >= 11 is 5.52. The third-order valence-electron chi connectivity index (χ3n) is 1.38. The van der Waals surface area contributed by atoms with Crippen molar-refractivity contribution in [2.45, 2.75) is 0 Å². The van der Waals surface area contributed by atoms with E-state index in [4.69, 9.17) is 16.8 Å². The first-order valence-electron chi connectivity index (χ1n) is 3.76. The van der Waals surface area contributed by atoms with E-state index in [9.17, 15) is 4.79 Å². The molecule has 0 bridgehead atoms. The van der Waals surface area contributed by atoms with Crippen LogP contribution in [0, 0.1) is 0 Å². The molecule has 5 heteroatoms. The van der Waals surface area contributed by atoms with Crippen LogP contribution >= 0.6 is 11.6 Å². The Morgan fingerprint density at radius 3 is 2.79 bits per heavy atom. The third-order valence-corrected chi connectivity index (χ3v) is 1.70. The van der Waals surface area contributed by atoms with Crippen molar-refractivity contribution in [2.24, 2.45) is 0 Å². The second-order valence-corrected chi connectivity index (χ2v) is 2.56. The fraction of sp³-hybridized carbons (Fsp3) is 0.222. The number of alkyl halides is 1. The largest absolute Gasteiger partial charge is 0.465 e. The summed E-state index contributed by atoms with van der Waals surface area (Å²) in [5.41, 5.74) is 2.53. The first kappa shape index (κ1) is 12.7. The van der Waals surface area contributed by atoms with Gasteiger partial charge in [-0.15, -0.1) is 11.6 Å². The molecule has 0 aliphatic carbocycles. The molecule has 0 atom stereocenters. The Morgan fingerprint density at radius 1 is 1.71 bits per heavy atom. The van der Waals surface area contributed by atoms with E-state index in [1.165, 1.54) is 25.5 Å². The van der Waals surface area contributed by atoms with Crippen molar-refractivity contribution in [3.63, 3.8) is 0 Å². The number of carbonyl (C=O) groups excluding carboxylic acids is 1. The summed E-state index contributed by atoms with van der Waals surface area (Å²) in [4.78, 5) is 11.2. The van der Waals surface area contributed by atoms with E-state index >= 15 is 0 Å². The molecule has 14 heavy (non-hydrogen) atoms. The van der Waals surface area contributed by atoms with Gasteiger partial charge in [-0.1, -0.05) is 6.58 Å². The smallest absolute Gasteiger partial charge is 0.338 e. The number of rotatable bonds is 5. The molecule has 0 aliphatic rings. The van der Waals surface area contributed by atoms with Crippen LogP contribution < -0.4 is 5.48 Å². The van der Waals surface area contributed by atoms with Crippen LogP contribution in [-0.2, 0) is 9.53 Å². The van der Waals surface area contributed by atoms with Crippen LogP contribution in [0.15, 0.2) is 36.1 Å². The number of hydrogen-bond donors (Lipinski definition) is 2. The lowest BCUT2D eigenvalue weighted by Gasteiger charge is -2.04. The number of ether oxygens (including phenoxy) is 1. The monoisotopic (exact) mass is 217 g/mol. The SMILES string of the molecule is C=C(CCl)/C(=C\C=C/NO)C(=O)OC. The lowest BCUT2D eigenvalue weighted by atomic mass is 10.1. The van der Waals surface area contributed by atoms with Crippen molar-refractivity contribution in [1.29, 1.82) is 0 Å². The molecule has 0 aromatic heterocycles. The minimum absolute atomic E-state index is 0.140. The summed E-state index contributed by atoms with van der Waals surface area (Å²) in [6.45, 7) is 3.60. The maximum Gasteiger partial charge on any atom is 0.338 e. The third kappa shape index (κ3) is 4.11. The number of carbonyl (C=O) groups is 1. The molecule has 0 saturated carbocycles. The number of hydroxylamine groups is 1. The van der Waals surface area contributed by atoms with Gasteiger partial charge in [-0.25, -0.2) is 4.79 Å². The van der Waals surface area contributed by atoms with Gasteiger partial charge in [0.25, 0.3) is 0 Å². The molecule has 2 N–H and O–H groups in total. The molecule has 0 heterocycles. The number of nitrogens with one attached hydrogen (secondary N) is 1. The zero-order valence-electron chi connectivity index (χ0n) is 7.79. The Morgan fingerprint density at radius 2 is 2.36 bits per heavy atom. The Kier molecular flexibility index (Phi) is 6.53. The van der Waals surface area contributed by atoms with E-state index in [0.717, 1.165) is 0 Å². The summed E-state index contributed by atoms with van der Waals surface area (Å²) in [5.74, 6) is -0.375. The average Bonchev–Trinajstić information content (AvgIpc) is 2.22. The number of allylic oxidation sites excluding steroid dienone is 2. The zero-order valence-corrected chi connectivity index (χ0v) is 8.54. The quantitative estimate of drug-likeness (QED) is 0.240. The van der Waals surface area contributed by atoms with Gasteiger partial charge < -0.3 is 4.74 Å². The van der Waals surface area contributed by atoms with E-state index in [1.54, 1.807) is 5.48 Å². The van der Waals surface area contributed by atoms with Crippen molar-refractivity contribution in [1.82, 2.24) is 5.48 Å². The molecule has 0 aromatic carbocycles. The molecule has 4 nitrogen and oxygen atoms in total. The van der Waals surface area contributed by atoms with Crippen LogP contribution in [0.2, 0.25) is 0 Å². The molecule has 0 fully saturated rings. The van der Waals surface area contributed by atoms with Gasteiger partial charge in [-0.3, -0.25) is 10.7 Å². The summed E-state index contributed by atoms with van der Waals surface area (Å²) in [7, 11) is 1.27. The average molecular weight is 218 g/mol. The molecule has 0 aromatic rings. The van der Waals surface area contributed by atoms with Gasteiger partial charge in [0.2, 0.25) is 0 Å². The maximum absolute atomic E-state index is 11.2. The summed E-state index contributed by atoms with van der Waals surface area (Å²) < 4.78 is 4.52. The minimum Gasteiger partial charge on any atom is -0.465 e. The molecule has 0 amide bonds. The Hall–Kier alpha value is -1.26. The predicted octanol–water partition coefficient (Wildman–Crippen LogP) is 1.37. The predicted molar refractivity (Wildman–Crippen MR) is 54.0 cm³/mol. The van der Waals surface area contributed by atoms with Crippen LogP contribution in [0.3, 0.4) is 0 Å². The summed E-state index contributed by atoms with van der Waals surface area (Å²) in [6, 6.07) is 0. The first-order chi connectivity index (χ1) is 6.67. The van der Waals surface area contributed by atoms with E-state index < -0.39 is 5.97 Å². The summed E-state index contributed by atoms with van der Waals surface area (Å²) in [6.07, 6.45) is 4.12. The van der Waals surface area contributed by atoms with Crippen LogP contribution in [0.4, 0.5) is 0 Å². The van der Waals surface area contributed by atoms with Gasteiger partial charge in [0.15, 0.2) is 0 Å². The molecule has 0 aliphatic heterocycles. The molecular formula is C9H12ClNO3. The molecule has 0 radical (unpaired) electrons. The molecule has 0 saturated heterocycles. The maximum atomic E-state index is 11.2. The molecular weight excluding hydrogens is 206 g/mol. The van der Waals surface area contributed by atoms with E-state index in [0.29, 0.717) is 5.57 Å². The van der Waals surface area contributed by atoms with Gasteiger partial charge in [0.05, 0.1) is 12.7 Å². The first-order valence-corrected chi connectivity index (χ1v) is 4.29. The number of esters is 1. The van der Waals surface area contributed by atoms with Crippen LogP contribution in [-0.4, -0.2) is 24.2 Å². The lowest BCUT2D eigenvalue weighted by Crippen LogP contribution is -2.07. The van der Waals surface area contributed by atoms with Crippen molar-refractivity contribution in [3.8, 4) is 0 Å². The van der Waals surface area contributed by atoms with Crippen molar-refractivity contribution >= 4 is 17.6 Å². The molecule has 78 valence electrons. The highest BCUT2D eigenvalue weighted by atomic mass is 35.5. The van der Waals surface area contributed by atoms with Crippen molar-refractivity contribution in [3.05, 3.63) is 36.1 Å². The van der Waals surface area contributed by atoms with Crippen LogP contribution in [0.5, 0.6) is 0 Å². The topological polar surface area (TPSA) is 58.6 Å². The highest BCUT2D eigenvalue weighted by Gasteiger charge is 2.11. The highest BCUT2D eigenvalue weighted by molar-refractivity contribution is 6.20. The van der Waals surface area contributed by atoms with E-state index in [-0.39, 0.29) is 11.5 Å². The minimum atomic E-state index is -0.516.